The molecule has 0 bridgehead atoms. The fraction of sp³-hybridized carbons (Fsp3) is 0.500. The van der Waals surface area contributed by atoms with Crippen molar-refractivity contribution in [2.24, 2.45) is 5.92 Å². The molecule has 2 atom stereocenters. The lowest BCUT2D eigenvalue weighted by molar-refractivity contribution is 0.254. The van der Waals surface area contributed by atoms with Crippen LogP contribution in [0.25, 0.3) is 10.9 Å². The van der Waals surface area contributed by atoms with Gasteiger partial charge >= 0.3 is 0 Å². The van der Waals surface area contributed by atoms with Gasteiger partial charge in [-0.1, -0.05) is 43.9 Å². The minimum atomic E-state index is 0.651. The summed E-state index contributed by atoms with van der Waals surface area (Å²) >= 11 is 6.26. The van der Waals surface area contributed by atoms with Crippen molar-refractivity contribution in [3.05, 3.63) is 41.0 Å². The fourth-order valence-electron chi connectivity index (χ4n) is 3.55. The Morgan fingerprint density at radius 1 is 1.24 bits per heavy atom. The van der Waals surface area contributed by atoms with Crippen LogP contribution in [0.15, 0.2) is 30.5 Å². The Morgan fingerprint density at radius 3 is 2.95 bits per heavy atom. The monoisotopic (exact) mass is 302 g/mol. The average molecular weight is 303 g/mol. The molecule has 3 heteroatoms. The van der Waals surface area contributed by atoms with Crippen LogP contribution in [0.4, 0.5) is 0 Å². The van der Waals surface area contributed by atoms with Gasteiger partial charge in [0, 0.05) is 29.2 Å². The highest BCUT2D eigenvalue weighted by Gasteiger charge is 2.23. The van der Waals surface area contributed by atoms with E-state index in [4.69, 9.17) is 11.6 Å². The number of pyridine rings is 1. The van der Waals surface area contributed by atoms with Crippen LogP contribution in [-0.2, 0) is 6.54 Å². The molecule has 0 amide bonds. The van der Waals surface area contributed by atoms with E-state index in [2.05, 4.69) is 23.3 Å². The molecule has 1 saturated carbocycles. The zero-order valence-electron chi connectivity index (χ0n) is 12.6. The number of nitrogens with zero attached hydrogens (tertiary/aromatic N) is 1. The summed E-state index contributed by atoms with van der Waals surface area (Å²) in [6.07, 6.45) is 8.54. The lowest BCUT2D eigenvalue weighted by Crippen LogP contribution is -2.37. The third-order valence-corrected chi connectivity index (χ3v) is 5.12. The van der Waals surface area contributed by atoms with Gasteiger partial charge in [0.05, 0.1) is 5.52 Å². The molecular formula is C18H23ClN2. The first-order chi connectivity index (χ1) is 10.3. The van der Waals surface area contributed by atoms with Gasteiger partial charge in [-0.25, -0.2) is 0 Å². The van der Waals surface area contributed by atoms with Crippen LogP contribution in [-0.4, -0.2) is 11.0 Å². The standard InChI is InChI=1S/C18H23ClN2/c1-2-13-6-3-4-8-17(13)21-12-14-9-10-16(19)15-7-5-11-20-18(14)15/h5,7,9-11,13,17,21H,2-4,6,8,12H2,1H3. The molecule has 1 N–H and O–H groups in total. The molecule has 0 saturated heterocycles. The Bertz CT molecular complexity index is 611. The van der Waals surface area contributed by atoms with Crippen LogP contribution in [0, 0.1) is 5.92 Å². The number of hydrogen-bond donors (Lipinski definition) is 1. The van der Waals surface area contributed by atoms with Crippen LogP contribution in [0.5, 0.6) is 0 Å². The Morgan fingerprint density at radius 2 is 2.10 bits per heavy atom. The van der Waals surface area contributed by atoms with Crippen molar-refractivity contribution in [2.45, 2.75) is 51.6 Å². The van der Waals surface area contributed by atoms with E-state index in [0.29, 0.717) is 6.04 Å². The van der Waals surface area contributed by atoms with Gasteiger partial charge in [-0.15, -0.1) is 0 Å². The first-order valence-corrected chi connectivity index (χ1v) is 8.43. The SMILES string of the molecule is CCC1CCCCC1NCc1ccc(Cl)c2cccnc12. The molecule has 1 fully saturated rings. The van der Waals surface area contributed by atoms with E-state index in [1.54, 1.807) is 0 Å². The van der Waals surface area contributed by atoms with E-state index >= 15 is 0 Å². The third kappa shape index (κ3) is 3.22. The van der Waals surface area contributed by atoms with Crippen molar-refractivity contribution >= 4 is 22.5 Å². The van der Waals surface area contributed by atoms with Gasteiger partial charge in [-0.2, -0.15) is 0 Å². The topological polar surface area (TPSA) is 24.9 Å². The molecule has 1 aromatic heterocycles. The zero-order valence-corrected chi connectivity index (χ0v) is 13.4. The molecule has 112 valence electrons. The summed E-state index contributed by atoms with van der Waals surface area (Å²) in [5.41, 5.74) is 2.27. The molecular weight excluding hydrogens is 280 g/mol. The van der Waals surface area contributed by atoms with Crippen LogP contribution >= 0.6 is 11.6 Å². The minimum absolute atomic E-state index is 0.651. The van der Waals surface area contributed by atoms with E-state index in [1.807, 2.05) is 24.4 Å². The van der Waals surface area contributed by atoms with Crippen LogP contribution in [0.2, 0.25) is 5.02 Å². The second-order valence-electron chi connectivity index (χ2n) is 6.05. The predicted molar refractivity (Wildman–Crippen MR) is 89.6 cm³/mol. The quantitative estimate of drug-likeness (QED) is 0.864. The molecule has 1 aliphatic carbocycles. The number of nitrogens with one attached hydrogen (secondary N) is 1. The molecule has 1 aromatic carbocycles. The van der Waals surface area contributed by atoms with E-state index < -0.39 is 0 Å². The number of rotatable bonds is 4. The molecule has 2 aromatic rings. The van der Waals surface area contributed by atoms with Gasteiger partial charge in [0.1, 0.15) is 0 Å². The average Bonchev–Trinajstić information content (AvgIpc) is 2.55. The summed E-state index contributed by atoms with van der Waals surface area (Å²) in [6, 6.07) is 8.73. The second kappa shape index (κ2) is 6.76. The van der Waals surface area contributed by atoms with Crippen LogP contribution in [0.3, 0.4) is 0 Å². The Balaban J connectivity index is 1.77. The maximum absolute atomic E-state index is 6.26. The van der Waals surface area contributed by atoms with Gasteiger partial charge < -0.3 is 5.32 Å². The van der Waals surface area contributed by atoms with Crippen LogP contribution < -0.4 is 5.32 Å². The lowest BCUT2D eigenvalue weighted by atomic mass is 9.83. The number of fused-ring (bicyclic) bond motifs is 1. The number of halogens is 1. The highest BCUT2D eigenvalue weighted by atomic mass is 35.5. The first kappa shape index (κ1) is 14.8. The predicted octanol–water partition coefficient (Wildman–Crippen LogP) is 4.95. The third-order valence-electron chi connectivity index (χ3n) is 4.79. The van der Waals surface area contributed by atoms with E-state index in [-0.39, 0.29) is 0 Å². The van der Waals surface area contributed by atoms with Gasteiger partial charge in [0.25, 0.3) is 0 Å². The number of hydrogen-bond acceptors (Lipinski definition) is 2. The van der Waals surface area contributed by atoms with Gasteiger partial charge in [-0.3, -0.25) is 4.98 Å². The van der Waals surface area contributed by atoms with Crippen molar-refractivity contribution in [3.63, 3.8) is 0 Å². The summed E-state index contributed by atoms with van der Waals surface area (Å²) in [6.45, 7) is 3.19. The van der Waals surface area contributed by atoms with E-state index in [9.17, 15) is 0 Å². The van der Waals surface area contributed by atoms with Gasteiger partial charge in [0.15, 0.2) is 0 Å². The van der Waals surface area contributed by atoms with Crippen molar-refractivity contribution in [1.82, 2.24) is 10.3 Å². The molecule has 1 heterocycles. The highest BCUT2D eigenvalue weighted by Crippen LogP contribution is 2.28. The van der Waals surface area contributed by atoms with Crippen molar-refractivity contribution in [1.29, 1.82) is 0 Å². The summed E-state index contributed by atoms with van der Waals surface area (Å²) in [4.78, 5) is 4.52. The van der Waals surface area contributed by atoms with Crippen molar-refractivity contribution < 1.29 is 0 Å². The second-order valence-corrected chi connectivity index (χ2v) is 6.45. The molecule has 2 unspecified atom stereocenters. The maximum Gasteiger partial charge on any atom is 0.0761 e. The Hall–Kier alpha value is -1.12. The molecule has 1 aliphatic rings. The minimum Gasteiger partial charge on any atom is -0.310 e. The fourth-order valence-corrected chi connectivity index (χ4v) is 3.76. The maximum atomic E-state index is 6.26. The largest absolute Gasteiger partial charge is 0.310 e. The van der Waals surface area contributed by atoms with Crippen LogP contribution in [0.1, 0.15) is 44.6 Å². The van der Waals surface area contributed by atoms with Gasteiger partial charge in [0.2, 0.25) is 0 Å². The van der Waals surface area contributed by atoms with Crippen molar-refractivity contribution in [2.75, 3.05) is 0 Å². The Labute approximate surface area is 131 Å². The zero-order chi connectivity index (χ0) is 14.7. The summed E-state index contributed by atoms with van der Waals surface area (Å²) in [7, 11) is 0. The molecule has 2 nitrogen and oxygen atoms in total. The Kier molecular flexibility index (Phi) is 4.77. The summed E-state index contributed by atoms with van der Waals surface area (Å²) in [5, 5.41) is 5.60. The molecule has 3 rings (SSSR count). The summed E-state index contributed by atoms with van der Waals surface area (Å²) < 4.78 is 0. The van der Waals surface area contributed by atoms with Crippen molar-refractivity contribution in [3.8, 4) is 0 Å². The molecule has 0 aliphatic heterocycles. The molecule has 21 heavy (non-hydrogen) atoms. The van der Waals surface area contributed by atoms with E-state index in [1.165, 1.54) is 37.7 Å². The molecule has 0 spiro atoms. The lowest BCUT2D eigenvalue weighted by Gasteiger charge is -2.31. The number of aromatic nitrogens is 1. The van der Waals surface area contributed by atoms with E-state index in [0.717, 1.165) is 28.4 Å². The normalized spacial score (nSPS) is 22.6. The first-order valence-electron chi connectivity index (χ1n) is 8.05. The smallest absolute Gasteiger partial charge is 0.0761 e. The van der Waals surface area contributed by atoms with Gasteiger partial charge in [-0.05, 0) is 42.5 Å². The number of benzene rings is 1. The summed E-state index contributed by atoms with van der Waals surface area (Å²) in [5.74, 6) is 0.824. The highest BCUT2D eigenvalue weighted by molar-refractivity contribution is 6.35. The molecule has 0 radical (unpaired) electrons.